The maximum Gasteiger partial charge on any atom is 0.419 e. The summed E-state index contributed by atoms with van der Waals surface area (Å²) < 4.78 is 53.3. The molecule has 5 amide bonds. The van der Waals surface area contributed by atoms with Gasteiger partial charge in [-0.1, -0.05) is 0 Å². The first-order chi connectivity index (χ1) is 26.7. The molecule has 17 nitrogen and oxygen atoms in total. The molecule has 2 saturated heterocycles. The van der Waals surface area contributed by atoms with Crippen LogP contribution in [-0.4, -0.2) is 101 Å². The molecule has 2 aliphatic heterocycles. The molecule has 0 radical (unpaired) electrons. The molecule has 2 fully saturated rings. The molecule has 2 aliphatic rings. The smallest absolute Gasteiger partial charge is 0.419 e. The van der Waals surface area contributed by atoms with Gasteiger partial charge >= 0.3 is 24.4 Å². The summed E-state index contributed by atoms with van der Waals surface area (Å²) in [6.45, 7) is 11.3. The van der Waals surface area contributed by atoms with Gasteiger partial charge in [0.25, 0.3) is 0 Å². The topological polar surface area (TPSA) is 200 Å². The van der Waals surface area contributed by atoms with Crippen LogP contribution >= 0.6 is 0 Å². The van der Waals surface area contributed by atoms with Crippen molar-refractivity contribution >= 4 is 47.6 Å². The van der Waals surface area contributed by atoms with E-state index in [1.807, 2.05) is 0 Å². The fourth-order valence-corrected chi connectivity index (χ4v) is 5.80. The highest BCUT2D eigenvalue weighted by Crippen LogP contribution is 2.33. The second-order valence-electron chi connectivity index (χ2n) is 15.4. The second-order valence-corrected chi connectivity index (χ2v) is 15.4. The molecule has 3 atom stereocenters. The van der Waals surface area contributed by atoms with E-state index in [1.165, 1.54) is 48.6 Å². The van der Waals surface area contributed by atoms with E-state index in [4.69, 9.17) is 18.9 Å². The Kier molecular flexibility index (Phi) is 12.4. The molecule has 0 saturated carbocycles. The zero-order valence-corrected chi connectivity index (χ0v) is 32.5. The van der Waals surface area contributed by atoms with Crippen molar-refractivity contribution in [2.75, 3.05) is 36.0 Å². The third-order valence-electron chi connectivity index (χ3n) is 8.31. The van der Waals surface area contributed by atoms with E-state index < -0.39 is 71.4 Å². The minimum Gasteiger partial charge on any atom is -0.444 e. The first-order valence-electron chi connectivity index (χ1n) is 18.0. The highest BCUT2D eigenvalue weighted by Gasteiger charge is 2.35. The number of ether oxygens (including phenoxy) is 4. The number of hydrogen-bond donors (Lipinski definition) is 3. The quantitative estimate of drug-likeness (QED) is 0.228. The molecule has 3 N–H and O–H groups in total. The number of aromatic nitrogens is 2. The molecular formula is C38H45F2N7O10. The normalized spacial score (nSPS) is 17.4. The Bertz CT molecular complexity index is 2040. The minimum atomic E-state index is -1.22. The molecule has 19 heteroatoms. The lowest BCUT2D eigenvalue weighted by atomic mass is 10.0. The number of carbonyl (C=O) groups is 6. The third kappa shape index (κ3) is 11.2. The lowest BCUT2D eigenvalue weighted by molar-refractivity contribution is -0.123. The lowest BCUT2D eigenvalue weighted by Gasteiger charge is -2.23. The van der Waals surface area contributed by atoms with Gasteiger partial charge in [0.05, 0.1) is 43.2 Å². The Hall–Kier alpha value is -6.27. The number of carbonyl (C=O) groups excluding carboxylic acids is 6. The highest BCUT2D eigenvalue weighted by atomic mass is 19.1. The van der Waals surface area contributed by atoms with Crippen LogP contribution in [0.25, 0.3) is 11.1 Å². The monoisotopic (exact) mass is 797 g/mol. The Morgan fingerprint density at radius 2 is 1.33 bits per heavy atom. The number of hydrogen-bond acceptors (Lipinski definition) is 11. The van der Waals surface area contributed by atoms with E-state index in [0.717, 1.165) is 21.6 Å². The maximum atomic E-state index is 15.5. The second kappa shape index (κ2) is 16.8. The molecule has 0 spiro atoms. The van der Waals surface area contributed by atoms with E-state index in [-0.39, 0.29) is 66.7 Å². The predicted octanol–water partition coefficient (Wildman–Crippen LogP) is 4.65. The molecule has 2 aromatic carbocycles. The van der Waals surface area contributed by atoms with Gasteiger partial charge in [-0.05, 0) is 77.9 Å². The summed E-state index contributed by atoms with van der Waals surface area (Å²) in [5, 5.41) is 7.73. The van der Waals surface area contributed by atoms with Crippen molar-refractivity contribution in [3.8, 4) is 11.1 Å². The lowest BCUT2D eigenvalue weighted by Crippen LogP contribution is -2.50. The largest absolute Gasteiger partial charge is 0.444 e. The van der Waals surface area contributed by atoms with Gasteiger partial charge in [0.15, 0.2) is 0 Å². The third-order valence-corrected chi connectivity index (χ3v) is 8.31. The van der Waals surface area contributed by atoms with Gasteiger partial charge in [-0.3, -0.25) is 19.4 Å². The van der Waals surface area contributed by atoms with E-state index >= 15 is 8.78 Å². The summed E-state index contributed by atoms with van der Waals surface area (Å²) in [7, 11) is 0. The summed E-state index contributed by atoms with van der Waals surface area (Å²) >= 11 is 0. The van der Waals surface area contributed by atoms with Crippen molar-refractivity contribution in [3.63, 3.8) is 0 Å². The van der Waals surface area contributed by atoms with Gasteiger partial charge in [0.2, 0.25) is 11.8 Å². The SMILES string of the molecule is CC(=O)NC[C@@H]1CN(c2ccc(-c3ccc(N4C[C@H](CNC(=O)[C@H](Cc5cn(C(=O)OC(C)(C)C)cn5)NC(=O)OC(C)(C)C)OC4=O)cc3F)c(F)c2)C(=O)O1. The number of nitrogens with zero attached hydrogens (tertiary/aromatic N) is 4. The predicted molar refractivity (Wildman–Crippen MR) is 199 cm³/mol. The van der Waals surface area contributed by atoms with E-state index in [1.54, 1.807) is 41.5 Å². The number of cyclic esters (lactones) is 2. The first-order valence-corrected chi connectivity index (χ1v) is 18.0. The van der Waals surface area contributed by atoms with Gasteiger partial charge in [-0.25, -0.2) is 37.5 Å². The Balaban J connectivity index is 1.21. The summed E-state index contributed by atoms with van der Waals surface area (Å²) in [6.07, 6.45) is -2.15. The van der Waals surface area contributed by atoms with Gasteiger partial charge in [-0.2, -0.15) is 0 Å². The van der Waals surface area contributed by atoms with Crippen LogP contribution in [0.15, 0.2) is 48.9 Å². The first kappa shape index (κ1) is 41.9. The van der Waals surface area contributed by atoms with Gasteiger partial charge in [-0.15, -0.1) is 0 Å². The van der Waals surface area contributed by atoms with Crippen LogP contribution in [0.1, 0.15) is 54.2 Å². The fraction of sp³-hybridized carbons (Fsp3) is 0.447. The Morgan fingerprint density at radius 1 is 0.825 bits per heavy atom. The van der Waals surface area contributed by atoms with Crippen LogP contribution in [0.3, 0.4) is 0 Å². The number of halogens is 2. The maximum absolute atomic E-state index is 15.5. The van der Waals surface area contributed by atoms with Crippen molar-refractivity contribution in [1.29, 1.82) is 0 Å². The molecule has 5 rings (SSSR count). The zero-order chi connectivity index (χ0) is 41.8. The van der Waals surface area contributed by atoms with Crippen LogP contribution in [0.2, 0.25) is 0 Å². The van der Waals surface area contributed by atoms with E-state index in [9.17, 15) is 28.8 Å². The van der Waals surface area contributed by atoms with Crippen LogP contribution in [-0.2, 0) is 35.0 Å². The number of amides is 5. The van der Waals surface area contributed by atoms with Crippen molar-refractivity contribution in [3.05, 3.63) is 66.3 Å². The molecule has 0 aliphatic carbocycles. The van der Waals surface area contributed by atoms with Crippen LogP contribution in [0, 0.1) is 11.6 Å². The summed E-state index contributed by atoms with van der Waals surface area (Å²) in [6, 6.07) is 6.37. The molecule has 57 heavy (non-hydrogen) atoms. The average molecular weight is 798 g/mol. The van der Waals surface area contributed by atoms with Crippen LogP contribution < -0.4 is 25.8 Å². The fourth-order valence-electron chi connectivity index (χ4n) is 5.80. The van der Waals surface area contributed by atoms with Crippen molar-refractivity contribution in [2.24, 2.45) is 0 Å². The van der Waals surface area contributed by atoms with Gasteiger partial charge < -0.3 is 34.9 Å². The zero-order valence-electron chi connectivity index (χ0n) is 32.5. The molecule has 1 aromatic heterocycles. The van der Waals surface area contributed by atoms with E-state index in [0.29, 0.717) is 0 Å². The van der Waals surface area contributed by atoms with Crippen LogP contribution in [0.5, 0.6) is 0 Å². The number of anilines is 2. The van der Waals surface area contributed by atoms with Gasteiger partial charge in [0, 0.05) is 30.7 Å². The number of nitrogens with one attached hydrogen (secondary N) is 3. The summed E-state index contributed by atoms with van der Waals surface area (Å²) in [4.78, 5) is 81.5. The Labute approximate surface area is 326 Å². The standard InChI is InChI=1S/C38H45F2N7O10/c1-21(48)41-15-25-18-46(35(52)54-25)23-8-10-27(29(39)13-23)28-11-9-24(14-30(28)40)47-19-26(55-36(47)53)16-42-32(49)31(44-33(50)56-37(2,3)4)12-22-17-45(20-43-22)34(51)57-38(5,6)7/h8-11,13-14,17,20,25-26,31H,12,15-16,18-19H2,1-7H3,(H,41,48)(H,42,49)(H,44,50)/t25-,26+,31+/m1/s1. The number of rotatable bonds is 11. The molecule has 3 heterocycles. The summed E-state index contributed by atoms with van der Waals surface area (Å²) in [5.74, 6) is -2.62. The summed E-state index contributed by atoms with van der Waals surface area (Å²) in [5.41, 5.74) is -1.25. The van der Waals surface area contributed by atoms with Crippen LogP contribution in [0.4, 0.5) is 39.3 Å². The molecule has 3 aromatic rings. The van der Waals surface area contributed by atoms with Crippen molar-refractivity contribution in [1.82, 2.24) is 25.5 Å². The molecule has 0 unspecified atom stereocenters. The van der Waals surface area contributed by atoms with Crippen molar-refractivity contribution < 1.29 is 56.5 Å². The van der Waals surface area contributed by atoms with Crippen molar-refractivity contribution in [2.45, 2.75) is 84.3 Å². The average Bonchev–Trinajstić information content (AvgIpc) is 3.82. The number of alkyl carbamates (subject to hydrolysis) is 1. The molecule has 0 bridgehead atoms. The Morgan fingerprint density at radius 3 is 1.81 bits per heavy atom. The van der Waals surface area contributed by atoms with Gasteiger partial charge in [0.1, 0.15) is 47.4 Å². The number of benzene rings is 2. The van der Waals surface area contributed by atoms with E-state index in [2.05, 4.69) is 20.9 Å². The number of imidazole rings is 1. The molecular weight excluding hydrogens is 752 g/mol. The minimum absolute atomic E-state index is 0.0741. The molecule has 306 valence electrons. The highest BCUT2D eigenvalue weighted by molar-refractivity contribution is 5.92.